The molecule has 4 nitrogen and oxygen atoms in total. The van der Waals surface area contributed by atoms with Crippen molar-refractivity contribution in [1.29, 1.82) is 0 Å². The third-order valence-electron chi connectivity index (χ3n) is 3.54. The van der Waals surface area contributed by atoms with Gasteiger partial charge in [0.2, 0.25) is 0 Å². The Balaban J connectivity index is 1.51. The number of morpholine rings is 1. The van der Waals surface area contributed by atoms with Gasteiger partial charge in [-0.15, -0.1) is 11.3 Å². The number of unbranched alkanes of at least 4 members (excludes halogenated alkanes) is 1. The molecule has 2 atom stereocenters. The van der Waals surface area contributed by atoms with Gasteiger partial charge in [-0.25, -0.2) is 4.98 Å². The number of nitrogens with one attached hydrogen (secondary N) is 1. The highest BCUT2D eigenvalue weighted by Gasteiger charge is 2.21. The lowest BCUT2D eigenvalue weighted by Gasteiger charge is -2.35. The number of rotatable bonds is 7. The summed E-state index contributed by atoms with van der Waals surface area (Å²) in [5.74, 6) is 0. The molecule has 0 spiro atoms. The molecule has 20 heavy (non-hydrogen) atoms. The summed E-state index contributed by atoms with van der Waals surface area (Å²) in [4.78, 5) is 8.13. The second kappa shape index (κ2) is 8.08. The van der Waals surface area contributed by atoms with E-state index in [9.17, 15) is 0 Å². The van der Waals surface area contributed by atoms with E-state index in [-0.39, 0.29) is 0 Å². The molecule has 114 valence electrons. The van der Waals surface area contributed by atoms with Crippen molar-refractivity contribution in [2.45, 2.75) is 52.4 Å². The average molecular weight is 297 g/mol. The van der Waals surface area contributed by atoms with Gasteiger partial charge in [-0.1, -0.05) is 0 Å². The lowest BCUT2D eigenvalue weighted by molar-refractivity contribution is -0.0681. The molecule has 2 unspecified atom stereocenters. The van der Waals surface area contributed by atoms with Crippen molar-refractivity contribution in [2.75, 3.05) is 26.2 Å². The molecule has 1 N–H and O–H groups in total. The van der Waals surface area contributed by atoms with Gasteiger partial charge in [-0.3, -0.25) is 4.90 Å². The quantitative estimate of drug-likeness (QED) is 0.784. The second-order valence-corrected chi connectivity index (χ2v) is 7.07. The summed E-state index contributed by atoms with van der Waals surface area (Å²) in [5.41, 5.74) is 0. The van der Waals surface area contributed by atoms with Crippen LogP contribution in [0.3, 0.4) is 0 Å². The third kappa shape index (κ3) is 5.48. The van der Waals surface area contributed by atoms with Crippen LogP contribution in [0.5, 0.6) is 0 Å². The Bertz CT molecular complexity index is 386. The Morgan fingerprint density at radius 3 is 2.75 bits per heavy atom. The normalized spacial score (nSPS) is 24.1. The zero-order chi connectivity index (χ0) is 14.4. The van der Waals surface area contributed by atoms with Gasteiger partial charge in [-0.05, 0) is 46.7 Å². The summed E-state index contributed by atoms with van der Waals surface area (Å²) in [6.07, 6.45) is 5.23. The maximum atomic E-state index is 5.75. The molecule has 1 fully saturated rings. The summed E-state index contributed by atoms with van der Waals surface area (Å²) in [6.45, 7) is 11.8. The highest BCUT2D eigenvalue weighted by molar-refractivity contribution is 7.11. The number of thiazole rings is 1. The van der Waals surface area contributed by atoms with E-state index in [0.717, 1.165) is 31.2 Å². The Kier molecular flexibility index (Phi) is 6.42. The van der Waals surface area contributed by atoms with E-state index >= 15 is 0 Å². The predicted molar refractivity (Wildman–Crippen MR) is 84.2 cm³/mol. The highest BCUT2D eigenvalue weighted by atomic mass is 32.1. The van der Waals surface area contributed by atoms with Crippen molar-refractivity contribution >= 4 is 11.3 Å². The molecule has 1 aromatic rings. The van der Waals surface area contributed by atoms with Crippen LogP contribution >= 0.6 is 11.3 Å². The van der Waals surface area contributed by atoms with Crippen LogP contribution in [0.4, 0.5) is 0 Å². The first-order valence-electron chi connectivity index (χ1n) is 7.63. The molecule has 1 saturated heterocycles. The molecule has 1 aromatic heterocycles. The van der Waals surface area contributed by atoms with Gasteiger partial charge in [0.1, 0.15) is 0 Å². The Hall–Kier alpha value is -0.490. The molecule has 0 radical (unpaired) electrons. The third-order valence-corrected chi connectivity index (χ3v) is 4.45. The van der Waals surface area contributed by atoms with Gasteiger partial charge in [0.25, 0.3) is 0 Å². The van der Waals surface area contributed by atoms with Crippen molar-refractivity contribution in [2.24, 2.45) is 0 Å². The Morgan fingerprint density at radius 2 is 2.10 bits per heavy atom. The SMILES string of the molecule is Cc1ncc(CNCCCCN2CC(C)OC(C)C2)s1. The first kappa shape index (κ1) is 15.9. The summed E-state index contributed by atoms with van der Waals surface area (Å²) in [5, 5.41) is 4.65. The van der Waals surface area contributed by atoms with E-state index in [4.69, 9.17) is 4.74 Å². The number of ether oxygens (including phenoxy) is 1. The van der Waals surface area contributed by atoms with Gasteiger partial charge < -0.3 is 10.1 Å². The monoisotopic (exact) mass is 297 g/mol. The number of nitrogens with zero attached hydrogens (tertiary/aromatic N) is 2. The lowest BCUT2D eigenvalue weighted by Crippen LogP contribution is -2.45. The lowest BCUT2D eigenvalue weighted by atomic mass is 10.2. The second-order valence-electron chi connectivity index (χ2n) is 5.75. The molecule has 0 saturated carbocycles. The molecular formula is C15H27N3OS. The zero-order valence-electron chi connectivity index (χ0n) is 12.9. The van der Waals surface area contributed by atoms with E-state index in [2.05, 4.69) is 36.0 Å². The molecule has 0 aromatic carbocycles. The fourth-order valence-electron chi connectivity index (χ4n) is 2.75. The minimum absolute atomic E-state index is 0.381. The van der Waals surface area contributed by atoms with Crippen molar-refractivity contribution in [3.8, 4) is 0 Å². The van der Waals surface area contributed by atoms with Crippen LogP contribution in [-0.4, -0.2) is 48.3 Å². The van der Waals surface area contributed by atoms with E-state index in [1.54, 1.807) is 11.3 Å². The van der Waals surface area contributed by atoms with E-state index < -0.39 is 0 Å². The molecule has 0 aliphatic carbocycles. The van der Waals surface area contributed by atoms with Gasteiger partial charge in [0, 0.05) is 30.7 Å². The van der Waals surface area contributed by atoms with Crippen LogP contribution in [0.25, 0.3) is 0 Å². The topological polar surface area (TPSA) is 37.4 Å². The largest absolute Gasteiger partial charge is 0.373 e. The van der Waals surface area contributed by atoms with Crippen LogP contribution in [0, 0.1) is 6.92 Å². The minimum Gasteiger partial charge on any atom is -0.373 e. The van der Waals surface area contributed by atoms with Crippen molar-refractivity contribution in [1.82, 2.24) is 15.2 Å². The maximum absolute atomic E-state index is 5.75. The van der Waals surface area contributed by atoms with Gasteiger partial charge >= 0.3 is 0 Å². The van der Waals surface area contributed by atoms with Crippen molar-refractivity contribution in [3.63, 3.8) is 0 Å². The molecule has 0 amide bonds. The summed E-state index contributed by atoms with van der Waals surface area (Å²) in [6, 6.07) is 0. The molecule has 0 bridgehead atoms. The minimum atomic E-state index is 0.381. The number of hydrogen-bond donors (Lipinski definition) is 1. The molecule has 1 aliphatic rings. The van der Waals surface area contributed by atoms with Crippen molar-refractivity contribution < 1.29 is 4.74 Å². The van der Waals surface area contributed by atoms with Crippen LogP contribution < -0.4 is 5.32 Å². The van der Waals surface area contributed by atoms with Crippen molar-refractivity contribution in [3.05, 3.63) is 16.1 Å². The van der Waals surface area contributed by atoms with Crippen LogP contribution in [0.1, 0.15) is 36.6 Å². The molecule has 2 heterocycles. The van der Waals surface area contributed by atoms with Crippen LogP contribution in [0.15, 0.2) is 6.20 Å². The molecule has 2 rings (SSSR count). The standard InChI is InChI=1S/C15H27N3OS/c1-12-10-18(11-13(2)19-12)7-5-4-6-16-8-15-9-17-14(3)20-15/h9,12-13,16H,4-8,10-11H2,1-3H3. The van der Waals surface area contributed by atoms with Gasteiger partial charge in [-0.2, -0.15) is 0 Å². The van der Waals surface area contributed by atoms with Gasteiger partial charge in [0.15, 0.2) is 0 Å². The summed E-state index contributed by atoms with van der Waals surface area (Å²) >= 11 is 1.78. The summed E-state index contributed by atoms with van der Waals surface area (Å²) < 4.78 is 5.75. The Morgan fingerprint density at radius 1 is 1.35 bits per heavy atom. The predicted octanol–water partition coefficient (Wildman–Crippen LogP) is 2.43. The van der Waals surface area contributed by atoms with Gasteiger partial charge in [0.05, 0.1) is 17.2 Å². The van der Waals surface area contributed by atoms with E-state index in [1.165, 1.54) is 24.3 Å². The van der Waals surface area contributed by atoms with E-state index in [0.29, 0.717) is 12.2 Å². The first-order valence-corrected chi connectivity index (χ1v) is 8.45. The molecular weight excluding hydrogens is 270 g/mol. The Labute approximate surface area is 126 Å². The maximum Gasteiger partial charge on any atom is 0.0897 e. The average Bonchev–Trinajstić information content (AvgIpc) is 2.78. The first-order chi connectivity index (χ1) is 9.63. The fourth-order valence-corrected chi connectivity index (χ4v) is 3.52. The molecule has 5 heteroatoms. The number of aryl methyl sites for hydroxylation is 1. The zero-order valence-corrected chi connectivity index (χ0v) is 13.7. The van der Waals surface area contributed by atoms with Crippen LogP contribution in [0.2, 0.25) is 0 Å². The fraction of sp³-hybridized carbons (Fsp3) is 0.800. The molecule has 1 aliphatic heterocycles. The van der Waals surface area contributed by atoms with Crippen LogP contribution in [-0.2, 0) is 11.3 Å². The number of aromatic nitrogens is 1. The summed E-state index contributed by atoms with van der Waals surface area (Å²) in [7, 11) is 0. The number of hydrogen-bond acceptors (Lipinski definition) is 5. The highest BCUT2D eigenvalue weighted by Crippen LogP contribution is 2.12. The van der Waals surface area contributed by atoms with E-state index in [1.807, 2.05) is 6.20 Å². The smallest absolute Gasteiger partial charge is 0.0897 e.